The van der Waals surface area contributed by atoms with E-state index >= 15 is 0 Å². The maximum Gasteiger partial charge on any atom is 0.239 e. The number of nitrogens with one attached hydrogen (secondary N) is 1. The molecular formula is C10H19ClN4OS. The summed E-state index contributed by atoms with van der Waals surface area (Å²) in [6.45, 7) is 7.85. The van der Waals surface area contributed by atoms with E-state index in [1.165, 1.54) is 11.3 Å². The highest BCUT2D eigenvalue weighted by Gasteiger charge is 2.21. The standard InChI is InChI=1S/C10H18N4OS.ClH/c1-6(2)8-14-13-7(16-8)5-12-9(15)10(3,4)11;/h6H,5,11H2,1-4H3,(H,12,15);1H. The van der Waals surface area contributed by atoms with Gasteiger partial charge in [-0.3, -0.25) is 4.79 Å². The van der Waals surface area contributed by atoms with E-state index in [2.05, 4.69) is 29.4 Å². The fraction of sp³-hybridized carbons (Fsp3) is 0.700. The Morgan fingerprint density at radius 1 is 1.47 bits per heavy atom. The van der Waals surface area contributed by atoms with Gasteiger partial charge in [0.15, 0.2) is 0 Å². The van der Waals surface area contributed by atoms with Crippen molar-refractivity contribution in [3.8, 4) is 0 Å². The zero-order valence-corrected chi connectivity index (χ0v) is 12.1. The van der Waals surface area contributed by atoms with Crippen LogP contribution in [0.4, 0.5) is 0 Å². The van der Waals surface area contributed by atoms with Gasteiger partial charge in [-0.05, 0) is 13.8 Å². The summed E-state index contributed by atoms with van der Waals surface area (Å²) >= 11 is 1.52. The Morgan fingerprint density at radius 2 is 2.06 bits per heavy atom. The number of halogens is 1. The Morgan fingerprint density at radius 3 is 2.47 bits per heavy atom. The molecule has 1 amide bonds. The first-order chi connectivity index (χ1) is 7.30. The number of nitrogens with two attached hydrogens (primary N) is 1. The number of rotatable bonds is 4. The van der Waals surface area contributed by atoms with Crippen LogP contribution in [0.25, 0.3) is 0 Å². The van der Waals surface area contributed by atoms with Crippen molar-refractivity contribution in [1.82, 2.24) is 15.5 Å². The van der Waals surface area contributed by atoms with Gasteiger partial charge in [0.2, 0.25) is 5.91 Å². The Balaban J connectivity index is 0.00000256. The van der Waals surface area contributed by atoms with Crippen molar-refractivity contribution < 1.29 is 4.79 Å². The van der Waals surface area contributed by atoms with E-state index in [1.807, 2.05) is 0 Å². The predicted molar refractivity (Wildman–Crippen MR) is 71.4 cm³/mol. The molecule has 1 aromatic heterocycles. The van der Waals surface area contributed by atoms with E-state index < -0.39 is 5.54 Å². The molecule has 0 spiro atoms. The summed E-state index contributed by atoms with van der Waals surface area (Å²) in [6, 6.07) is 0. The number of nitrogens with zero attached hydrogens (tertiary/aromatic N) is 2. The number of hydrogen-bond donors (Lipinski definition) is 2. The summed E-state index contributed by atoms with van der Waals surface area (Å²) in [4.78, 5) is 11.5. The third-order valence-electron chi connectivity index (χ3n) is 1.96. The van der Waals surface area contributed by atoms with Gasteiger partial charge < -0.3 is 11.1 Å². The second-order valence-corrected chi connectivity index (χ2v) is 5.69. The van der Waals surface area contributed by atoms with E-state index in [-0.39, 0.29) is 18.3 Å². The zero-order valence-electron chi connectivity index (χ0n) is 10.5. The maximum atomic E-state index is 11.5. The van der Waals surface area contributed by atoms with Gasteiger partial charge in [0, 0.05) is 5.92 Å². The molecular weight excluding hydrogens is 260 g/mol. The van der Waals surface area contributed by atoms with Gasteiger partial charge in [-0.2, -0.15) is 0 Å². The third kappa shape index (κ3) is 4.97. The lowest BCUT2D eigenvalue weighted by atomic mass is 10.1. The molecule has 0 aliphatic carbocycles. The lowest BCUT2D eigenvalue weighted by Crippen LogP contribution is -2.48. The molecule has 7 heteroatoms. The summed E-state index contributed by atoms with van der Waals surface area (Å²) in [5, 5.41) is 12.6. The molecule has 0 unspecified atom stereocenters. The zero-order chi connectivity index (χ0) is 12.3. The van der Waals surface area contributed by atoms with Crippen LogP contribution in [0.2, 0.25) is 0 Å². The first-order valence-corrected chi connectivity index (χ1v) is 6.02. The van der Waals surface area contributed by atoms with Crippen molar-refractivity contribution in [3.63, 3.8) is 0 Å². The van der Waals surface area contributed by atoms with Crippen LogP contribution >= 0.6 is 23.7 Å². The number of carbonyl (C=O) groups is 1. The highest BCUT2D eigenvalue weighted by molar-refractivity contribution is 7.11. The molecule has 0 saturated heterocycles. The molecule has 0 aliphatic rings. The molecule has 0 saturated carbocycles. The summed E-state index contributed by atoms with van der Waals surface area (Å²) in [5.74, 6) is 0.182. The highest BCUT2D eigenvalue weighted by atomic mass is 35.5. The van der Waals surface area contributed by atoms with E-state index in [4.69, 9.17) is 5.73 Å². The van der Waals surface area contributed by atoms with Crippen LogP contribution in [0.3, 0.4) is 0 Å². The number of hydrogen-bond acceptors (Lipinski definition) is 5. The maximum absolute atomic E-state index is 11.5. The quantitative estimate of drug-likeness (QED) is 0.873. The third-order valence-corrected chi connectivity index (χ3v) is 3.19. The monoisotopic (exact) mass is 278 g/mol. The SMILES string of the molecule is CC(C)c1nnc(CNC(=O)C(C)(C)N)s1.Cl. The summed E-state index contributed by atoms with van der Waals surface area (Å²) in [6.07, 6.45) is 0. The molecule has 1 rings (SSSR count). The van der Waals surface area contributed by atoms with Crippen LogP contribution < -0.4 is 11.1 Å². The molecule has 17 heavy (non-hydrogen) atoms. The van der Waals surface area contributed by atoms with Crippen molar-refractivity contribution >= 4 is 29.7 Å². The Labute approximate surface area is 112 Å². The van der Waals surface area contributed by atoms with Gasteiger partial charge in [0.05, 0.1) is 12.1 Å². The van der Waals surface area contributed by atoms with Crippen LogP contribution in [0.1, 0.15) is 43.6 Å². The summed E-state index contributed by atoms with van der Waals surface area (Å²) in [7, 11) is 0. The number of carbonyl (C=O) groups excluding carboxylic acids is 1. The molecule has 0 fully saturated rings. The van der Waals surface area contributed by atoms with Gasteiger partial charge >= 0.3 is 0 Å². The minimum Gasteiger partial charge on any atom is -0.348 e. The van der Waals surface area contributed by atoms with Gasteiger partial charge in [-0.1, -0.05) is 25.2 Å². The molecule has 0 radical (unpaired) electrons. The molecule has 1 heterocycles. The topological polar surface area (TPSA) is 80.9 Å². The van der Waals surface area contributed by atoms with Gasteiger partial charge in [0.1, 0.15) is 10.0 Å². The lowest BCUT2D eigenvalue weighted by Gasteiger charge is -2.16. The molecule has 5 nitrogen and oxygen atoms in total. The van der Waals surface area contributed by atoms with Crippen molar-refractivity contribution in [2.24, 2.45) is 5.73 Å². The molecule has 3 N–H and O–H groups in total. The van der Waals surface area contributed by atoms with E-state index in [9.17, 15) is 4.79 Å². The van der Waals surface area contributed by atoms with Crippen molar-refractivity contribution in [1.29, 1.82) is 0 Å². The molecule has 0 atom stereocenters. The normalized spacial score (nSPS) is 11.2. The second kappa shape index (κ2) is 6.28. The minimum atomic E-state index is -0.856. The minimum absolute atomic E-state index is 0. The Kier molecular flexibility index (Phi) is 6.01. The van der Waals surface area contributed by atoms with Crippen LogP contribution in [0.5, 0.6) is 0 Å². The van der Waals surface area contributed by atoms with E-state index in [0.29, 0.717) is 12.5 Å². The molecule has 0 bridgehead atoms. The first kappa shape index (κ1) is 16.3. The summed E-state index contributed by atoms with van der Waals surface area (Å²) < 4.78 is 0. The Bertz CT molecular complexity index is 373. The number of amides is 1. The van der Waals surface area contributed by atoms with Crippen molar-refractivity contribution in [2.45, 2.75) is 45.7 Å². The smallest absolute Gasteiger partial charge is 0.239 e. The van der Waals surface area contributed by atoms with Gasteiger partial charge in [0.25, 0.3) is 0 Å². The summed E-state index contributed by atoms with van der Waals surface area (Å²) in [5.41, 5.74) is 4.80. The average molecular weight is 279 g/mol. The molecule has 1 aromatic rings. The number of aromatic nitrogens is 2. The molecule has 0 aromatic carbocycles. The second-order valence-electron chi connectivity index (χ2n) is 4.59. The van der Waals surface area contributed by atoms with E-state index in [1.54, 1.807) is 13.8 Å². The van der Waals surface area contributed by atoms with Crippen LogP contribution in [-0.2, 0) is 11.3 Å². The van der Waals surface area contributed by atoms with Crippen LogP contribution in [0, 0.1) is 0 Å². The first-order valence-electron chi connectivity index (χ1n) is 5.20. The molecule has 0 aliphatic heterocycles. The van der Waals surface area contributed by atoms with Crippen molar-refractivity contribution in [3.05, 3.63) is 10.0 Å². The predicted octanol–water partition coefficient (Wildman–Crippen LogP) is 1.44. The Hall–Kier alpha value is -0.720. The highest BCUT2D eigenvalue weighted by Crippen LogP contribution is 2.18. The lowest BCUT2D eigenvalue weighted by molar-refractivity contribution is -0.125. The van der Waals surface area contributed by atoms with Gasteiger partial charge in [-0.25, -0.2) is 0 Å². The fourth-order valence-electron chi connectivity index (χ4n) is 0.955. The largest absolute Gasteiger partial charge is 0.348 e. The van der Waals surface area contributed by atoms with Crippen LogP contribution in [-0.4, -0.2) is 21.6 Å². The van der Waals surface area contributed by atoms with Crippen molar-refractivity contribution in [2.75, 3.05) is 0 Å². The fourth-order valence-corrected chi connectivity index (χ4v) is 1.74. The average Bonchev–Trinajstić information content (AvgIpc) is 2.60. The van der Waals surface area contributed by atoms with Gasteiger partial charge in [-0.15, -0.1) is 22.6 Å². The van der Waals surface area contributed by atoms with Crippen LogP contribution in [0.15, 0.2) is 0 Å². The molecule has 98 valence electrons. The van der Waals surface area contributed by atoms with E-state index in [0.717, 1.165) is 10.0 Å².